The Morgan fingerprint density at radius 3 is 2.87 bits per heavy atom. The summed E-state index contributed by atoms with van der Waals surface area (Å²) in [6, 6.07) is 3.90. The first-order valence-electron chi connectivity index (χ1n) is 8.50. The van der Waals surface area contributed by atoms with Crippen molar-refractivity contribution in [2.45, 2.75) is 45.7 Å². The predicted octanol–water partition coefficient (Wildman–Crippen LogP) is 1.29. The minimum Gasteiger partial charge on any atom is -0.297 e. The summed E-state index contributed by atoms with van der Waals surface area (Å²) in [5, 5.41) is 11.9. The van der Waals surface area contributed by atoms with Crippen LogP contribution < -0.4 is 5.56 Å². The largest absolute Gasteiger partial charge is 0.297 e. The van der Waals surface area contributed by atoms with E-state index in [1.165, 1.54) is 18.4 Å². The Morgan fingerprint density at radius 1 is 1.26 bits per heavy atom. The van der Waals surface area contributed by atoms with Gasteiger partial charge in [0.25, 0.3) is 5.56 Å². The van der Waals surface area contributed by atoms with Gasteiger partial charge in [-0.05, 0) is 44.2 Å². The van der Waals surface area contributed by atoms with Crippen LogP contribution in [-0.4, -0.2) is 38.0 Å². The second-order valence-electron chi connectivity index (χ2n) is 6.95. The maximum absolute atomic E-state index is 12.2. The zero-order chi connectivity index (χ0) is 15.8. The van der Waals surface area contributed by atoms with Crippen molar-refractivity contribution in [3.8, 4) is 0 Å². The number of H-pyrrole nitrogens is 1. The molecule has 1 aliphatic heterocycles. The van der Waals surface area contributed by atoms with Crippen LogP contribution in [0.4, 0.5) is 0 Å². The quantitative estimate of drug-likeness (QED) is 0.923. The Morgan fingerprint density at radius 2 is 2.09 bits per heavy atom. The molecule has 2 aromatic rings. The lowest BCUT2D eigenvalue weighted by Crippen LogP contribution is -2.49. The van der Waals surface area contributed by atoms with Gasteiger partial charge in [0.2, 0.25) is 0 Å². The SMILES string of the molecule is Cc1cc(CN2CC(Cn3nc4c(cc3=O)CCCC4)C2)n[nH]1. The van der Waals surface area contributed by atoms with Crippen molar-refractivity contribution in [3.63, 3.8) is 0 Å². The summed E-state index contributed by atoms with van der Waals surface area (Å²) in [6.07, 6.45) is 4.41. The number of hydrogen-bond donors (Lipinski definition) is 1. The standard InChI is InChI=1S/C17H23N5O/c1-12-6-15(19-18-12)11-21-8-13(9-21)10-22-17(23)7-14-4-2-3-5-16(14)20-22/h6-7,13H,2-5,8-11H2,1H3,(H,18,19). The number of likely N-dealkylation sites (tertiary alicyclic amines) is 1. The molecule has 0 amide bonds. The average molecular weight is 313 g/mol. The van der Waals surface area contributed by atoms with Crippen molar-refractivity contribution in [2.75, 3.05) is 13.1 Å². The van der Waals surface area contributed by atoms with Gasteiger partial charge in [-0.25, -0.2) is 4.68 Å². The van der Waals surface area contributed by atoms with E-state index in [2.05, 4.69) is 26.3 Å². The molecule has 1 N–H and O–H groups in total. The van der Waals surface area contributed by atoms with Crippen molar-refractivity contribution >= 4 is 0 Å². The van der Waals surface area contributed by atoms with Crippen LogP contribution in [0.3, 0.4) is 0 Å². The van der Waals surface area contributed by atoms with Crippen LogP contribution >= 0.6 is 0 Å². The summed E-state index contributed by atoms with van der Waals surface area (Å²) < 4.78 is 1.69. The molecule has 6 nitrogen and oxygen atoms in total. The first-order valence-corrected chi connectivity index (χ1v) is 8.50. The maximum atomic E-state index is 12.2. The van der Waals surface area contributed by atoms with Crippen molar-refractivity contribution in [1.82, 2.24) is 24.9 Å². The van der Waals surface area contributed by atoms with Crippen molar-refractivity contribution in [1.29, 1.82) is 0 Å². The van der Waals surface area contributed by atoms with Crippen LogP contribution in [-0.2, 0) is 25.9 Å². The highest BCUT2D eigenvalue weighted by atomic mass is 16.1. The highest BCUT2D eigenvalue weighted by Gasteiger charge is 2.28. The lowest BCUT2D eigenvalue weighted by atomic mass is 9.96. The third kappa shape index (κ3) is 3.08. The molecule has 0 bridgehead atoms. The van der Waals surface area contributed by atoms with Crippen LogP contribution in [0.5, 0.6) is 0 Å². The Hall–Kier alpha value is -1.95. The van der Waals surface area contributed by atoms with Gasteiger partial charge >= 0.3 is 0 Å². The van der Waals surface area contributed by atoms with Gasteiger partial charge in [0.15, 0.2) is 0 Å². The molecule has 3 heterocycles. The van der Waals surface area contributed by atoms with E-state index in [1.807, 2.05) is 13.0 Å². The lowest BCUT2D eigenvalue weighted by Gasteiger charge is -2.38. The molecule has 122 valence electrons. The van der Waals surface area contributed by atoms with Gasteiger partial charge in [0, 0.05) is 37.3 Å². The number of nitrogens with one attached hydrogen (secondary N) is 1. The van der Waals surface area contributed by atoms with Crippen LogP contribution in [0.2, 0.25) is 0 Å². The Balaban J connectivity index is 1.36. The van der Waals surface area contributed by atoms with E-state index in [-0.39, 0.29) is 5.56 Å². The number of aromatic nitrogens is 4. The molecule has 1 saturated heterocycles. The van der Waals surface area contributed by atoms with Gasteiger partial charge in [-0.1, -0.05) is 0 Å². The summed E-state index contributed by atoms with van der Waals surface area (Å²) in [4.78, 5) is 14.6. The van der Waals surface area contributed by atoms with Crippen LogP contribution in [0.1, 0.15) is 35.5 Å². The third-order valence-corrected chi connectivity index (χ3v) is 4.88. The molecule has 0 atom stereocenters. The van der Waals surface area contributed by atoms with Crippen LogP contribution in [0.25, 0.3) is 0 Å². The van der Waals surface area contributed by atoms with E-state index in [9.17, 15) is 4.79 Å². The molecule has 23 heavy (non-hydrogen) atoms. The van der Waals surface area contributed by atoms with Crippen LogP contribution in [0, 0.1) is 12.8 Å². The first-order chi connectivity index (χ1) is 11.2. The number of aromatic amines is 1. The van der Waals surface area contributed by atoms with E-state index in [4.69, 9.17) is 0 Å². The number of rotatable bonds is 4. The van der Waals surface area contributed by atoms with Crippen molar-refractivity contribution in [3.05, 3.63) is 45.1 Å². The molecule has 1 fully saturated rings. The highest BCUT2D eigenvalue weighted by Crippen LogP contribution is 2.20. The number of nitrogens with zero attached hydrogens (tertiary/aromatic N) is 4. The van der Waals surface area contributed by atoms with E-state index >= 15 is 0 Å². The van der Waals surface area contributed by atoms with E-state index in [0.29, 0.717) is 5.92 Å². The normalized spacial score (nSPS) is 18.7. The minimum atomic E-state index is 0.0621. The topological polar surface area (TPSA) is 66.8 Å². The average Bonchev–Trinajstić information content (AvgIpc) is 2.91. The fourth-order valence-corrected chi connectivity index (χ4v) is 3.68. The second kappa shape index (κ2) is 5.92. The third-order valence-electron chi connectivity index (χ3n) is 4.88. The molecule has 2 aliphatic rings. The van der Waals surface area contributed by atoms with E-state index in [0.717, 1.165) is 56.1 Å². The molecule has 0 aromatic carbocycles. The van der Waals surface area contributed by atoms with Gasteiger partial charge in [0.1, 0.15) is 0 Å². The van der Waals surface area contributed by atoms with Crippen LogP contribution in [0.15, 0.2) is 16.9 Å². The van der Waals surface area contributed by atoms with Crippen molar-refractivity contribution in [2.24, 2.45) is 5.92 Å². The first kappa shape index (κ1) is 14.6. The zero-order valence-electron chi connectivity index (χ0n) is 13.6. The summed E-state index contributed by atoms with van der Waals surface area (Å²) in [5.74, 6) is 0.516. The Bertz CT molecular complexity index is 757. The summed E-state index contributed by atoms with van der Waals surface area (Å²) >= 11 is 0. The number of hydrogen-bond acceptors (Lipinski definition) is 4. The molecular weight excluding hydrogens is 290 g/mol. The molecule has 0 saturated carbocycles. The molecule has 2 aromatic heterocycles. The molecule has 0 spiro atoms. The second-order valence-corrected chi connectivity index (χ2v) is 6.95. The minimum absolute atomic E-state index is 0.0621. The molecule has 0 radical (unpaired) electrons. The van der Waals surface area contributed by atoms with Gasteiger partial charge in [0.05, 0.1) is 17.9 Å². The molecule has 1 aliphatic carbocycles. The Labute approximate surface area is 135 Å². The predicted molar refractivity (Wildman–Crippen MR) is 87.2 cm³/mol. The monoisotopic (exact) mass is 313 g/mol. The molecule has 6 heteroatoms. The fraction of sp³-hybridized carbons (Fsp3) is 0.588. The molecule has 0 unspecified atom stereocenters. The smallest absolute Gasteiger partial charge is 0.267 e. The summed E-state index contributed by atoms with van der Waals surface area (Å²) in [6.45, 7) is 5.66. The molecular formula is C17H23N5O. The number of aryl methyl sites for hydroxylation is 3. The lowest BCUT2D eigenvalue weighted by molar-refractivity contribution is 0.0752. The maximum Gasteiger partial charge on any atom is 0.267 e. The van der Waals surface area contributed by atoms with Gasteiger partial charge in [-0.15, -0.1) is 0 Å². The zero-order valence-corrected chi connectivity index (χ0v) is 13.6. The van der Waals surface area contributed by atoms with Gasteiger partial charge in [-0.3, -0.25) is 14.8 Å². The highest BCUT2D eigenvalue weighted by molar-refractivity contribution is 5.20. The van der Waals surface area contributed by atoms with Gasteiger partial charge < -0.3 is 0 Å². The Kier molecular flexibility index (Phi) is 3.77. The summed E-state index contributed by atoms with van der Waals surface area (Å²) in [5.41, 5.74) is 4.56. The summed E-state index contributed by atoms with van der Waals surface area (Å²) in [7, 11) is 0. The molecule has 4 rings (SSSR count). The van der Waals surface area contributed by atoms with E-state index < -0.39 is 0 Å². The number of fused-ring (bicyclic) bond motifs is 1. The fourth-order valence-electron chi connectivity index (χ4n) is 3.68. The van der Waals surface area contributed by atoms with E-state index in [1.54, 1.807) is 4.68 Å². The van der Waals surface area contributed by atoms with Crippen molar-refractivity contribution < 1.29 is 0 Å². The van der Waals surface area contributed by atoms with Gasteiger partial charge in [-0.2, -0.15) is 10.2 Å².